The Bertz CT molecular complexity index is 537. The Morgan fingerprint density at radius 3 is 2.69 bits per heavy atom. The topological polar surface area (TPSA) is 39.9 Å². The van der Waals surface area contributed by atoms with Crippen LogP contribution in [0.2, 0.25) is 5.02 Å². The molecule has 0 aliphatic rings. The van der Waals surface area contributed by atoms with Crippen LogP contribution in [0, 0.1) is 0 Å². The van der Waals surface area contributed by atoms with Crippen molar-refractivity contribution in [3.63, 3.8) is 0 Å². The van der Waals surface area contributed by atoms with Gasteiger partial charge < -0.3 is 4.84 Å². The maximum absolute atomic E-state index is 12.6. The van der Waals surface area contributed by atoms with Gasteiger partial charge >= 0.3 is 6.18 Å². The van der Waals surface area contributed by atoms with Gasteiger partial charge in [0.2, 0.25) is 0 Å². The molecule has 0 unspecified atom stereocenters. The minimum absolute atomic E-state index is 0.0708. The van der Waals surface area contributed by atoms with E-state index in [2.05, 4.69) is 14.8 Å². The minimum atomic E-state index is -4.61. The molecule has 0 amide bonds. The molecular formula is C8H5ClF3N3O. The molecule has 0 fully saturated rings. The summed E-state index contributed by atoms with van der Waals surface area (Å²) in [6.07, 6.45) is -3.39. The van der Waals surface area contributed by atoms with Gasteiger partial charge in [0, 0.05) is 6.20 Å². The second-order valence-corrected chi connectivity index (χ2v) is 3.34. The highest BCUT2D eigenvalue weighted by molar-refractivity contribution is 6.31. The van der Waals surface area contributed by atoms with Crippen molar-refractivity contribution in [3.8, 4) is 0 Å². The number of pyridine rings is 1. The summed E-state index contributed by atoms with van der Waals surface area (Å²) in [6, 6.07) is 1.30. The molecule has 8 heteroatoms. The number of halogens is 4. The van der Waals surface area contributed by atoms with Crippen LogP contribution in [0.4, 0.5) is 13.2 Å². The van der Waals surface area contributed by atoms with Crippen LogP contribution in [-0.2, 0) is 6.18 Å². The van der Waals surface area contributed by atoms with Crippen molar-refractivity contribution in [3.05, 3.63) is 23.1 Å². The molecule has 16 heavy (non-hydrogen) atoms. The predicted octanol–water partition coefficient (Wildman–Crippen LogP) is 2.16. The van der Waals surface area contributed by atoms with Crippen LogP contribution in [0.15, 0.2) is 12.3 Å². The van der Waals surface area contributed by atoms with Crippen LogP contribution in [0.3, 0.4) is 0 Å². The Morgan fingerprint density at radius 1 is 1.44 bits per heavy atom. The number of fused-ring (bicyclic) bond motifs is 1. The molecule has 0 radical (unpaired) electrons. The van der Waals surface area contributed by atoms with Crippen molar-refractivity contribution in [1.82, 2.24) is 14.7 Å². The molecule has 0 saturated heterocycles. The Labute approximate surface area is 92.6 Å². The monoisotopic (exact) mass is 251 g/mol. The van der Waals surface area contributed by atoms with Gasteiger partial charge in [0.15, 0.2) is 5.65 Å². The minimum Gasteiger partial charge on any atom is -0.415 e. The standard InChI is InChI=1S/C8H5ClF3N3O/c1-16-15-5-2-4(9)3-13-6(5)14-7(15)8(10,11)12/h2-3H,1H3. The molecular weight excluding hydrogens is 247 g/mol. The number of imidazole rings is 1. The smallest absolute Gasteiger partial charge is 0.415 e. The predicted molar refractivity (Wildman–Crippen MR) is 50.0 cm³/mol. The van der Waals surface area contributed by atoms with Crippen molar-refractivity contribution in [2.24, 2.45) is 0 Å². The van der Waals surface area contributed by atoms with Crippen molar-refractivity contribution in [2.45, 2.75) is 6.18 Å². The normalized spacial score (nSPS) is 12.1. The van der Waals surface area contributed by atoms with E-state index in [-0.39, 0.29) is 16.2 Å². The molecule has 0 bridgehead atoms. The SMILES string of the molecule is COn1c(C(F)(F)F)nc2ncc(Cl)cc21. The van der Waals surface area contributed by atoms with Crippen molar-refractivity contribution < 1.29 is 18.0 Å². The summed E-state index contributed by atoms with van der Waals surface area (Å²) in [5, 5.41) is 0.208. The van der Waals surface area contributed by atoms with E-state index in [0.29, 0.717) is 4.73 Å². The average molecular weight is 252 g/mol. The lowest BCUT2D eigenvalue weighted by Crippen LogP contribution is -2.18. The van der Waals surface area contributed by atoms with Crippen molar-refractivity contribution >= 4 is 22.8 Å². The molecule has 2 rings (SSSR count). The number of hydrogen-bond acceptors (Lipinski definition) is 3. The summed E-state index contributed by atoms with van der Waals surface area (Å²) in [4.78, 5) is 11.6. The fraction of sp³-hybridized carbons (Fsp3) is 0.250. The Morgan fingerprint density at radius 2 is 2.12 bits per heavy atom. The van der Waals surface area contributed by atoms with E-state index in [1.54, 1.807) is 0 Å². The number of alkyl halides is 3. The third-order valence-electron chi connectivity index (χ3n) is 1.87. The largest absolute Gasteiger partial charge is 0.453 e. The van der Waals surface area contributed by atoms with E-state index in [0.717, 1.165) is 7.11 Å². The van der Waals surface area contributed by atoms with E-state index in [1.165, 1.54) is 12.3 Å². The van der Waals surface area contributed by atoms with E-state index >= 15 is 0 Å². The highest BCUT2D eigenvalue weighted by Gasteiger charge is 2.38. The quantitative estimate of drug-likeness (QED) is 0.780. The molecule has 0 N–H and O–H groups in total. The highest BCUT2D eigenvalue weighted by Crippen LogP contribution is 2.30. The fourth-order valence-electron chi connectivity index (χ4n) is 1.28. The van der Waals surface area contributed by atoms with E-state index < -0.39 is 12.0 Å². The first kappa shape index (κ1) is 11.0. The number of nitrogens with zero attached hydrogens (tertiary/aromatic N) is 3. The molecule has 0 aliphatic heterocycles. The molecule has 0 saturated carbocycles. The van der Waals surface area contributed by atoms with Crippen molar-refractivity contribution in [1.29, 1.82) is 0 Å². The van der Waals surface area contributed by atoms with Crippen LogP contribution in [0.1, 0.15) is 5.82 Å². The molecule has 2 aromatic heterocycles. The Kier molecular flexibility index (Phi) is 2.42. The Balaban J connectivity index is 2.77. The second kappa shape index (κ2) is 3.51. The van der Waals surface area contributed by atoms with Crippen LogP contribution < -0.4 is 4.84 Å². The maximum atomic E-state index is 12.6. The van der Waals surface area contributed by atoms with Gasteiger partial charge in [-0.05, 0) is 6.07 Å². The van der Waals surface area contributed by atoms with Gasteiger partial charge in [-0.2, -0.15) is 17.9 Å². The zero-order chi connectivity index (χ0) is 11.9. The zero-order valence-corrected chi connectivity index (χ0v) is 8.67. The fourth-order valence-corrected chi connectivity index (χ4v) is 1.43. The van der Waals surface area contributed by atoms with Gasteiger partial charge in [0.1, 0.15) is 12.6 Å². The molecule has 2 aromatic rings. The van der Waals surface area contributed by atoms with Crippen LogP contribution in [0.5, 0.6) is 0 Å². The molecule has 0 aromatic carbocycles. The number of rotatable bonds is 1. The lowest BCUT2D eigenvalue weighted by Gasteiger charge is -2.08. The van der Waals surface area contributed by atoms with Crippen LogP contribution in [-0.4, -0.2) is 21.8 Å². The lowest BCUT2D eigenvalue weighted by atomic mass is 10.4. The molecule has 0 atom stereocenters. The molecule has 4 nitrogen and oxygen atoms in total. The van der Waals surface area contributed by atoms with Gasteiger partial charge in [-0.3, -0.25) is 0 Å². The summed E-state index contributed by atoms with van der Waals surface area (Å²) < 4.78 is 38.2. The van der Waals surface area contributed by atoms with Crippen LogP contribution >= 0.6 is 11.6 Å². The summed E-state index contributed by atoms with van der Waals surface area (Å²) >= 11 is 5.63. The van der Waals surface area contributed by atoms with E-state index in [9.17, 15) is 13.2 Å². The first-order valence-electron chi connectivity index (χ1n) is 4.09. The molecule has 0 aliphatic carbocycles. The van der Waals surface area contributed by atoms with Crippen molar-refractivity contribution in [2.75, 3.05) is 7.11 Å². The lowest BCUT2D eigenvalue weighted by molar-refractivity contribution is -0.153. The second-order valence-electron chi connectivity index (χ2n) is 2.91. The maximum Gasteiger partial charge on any atom is 0.453 e. The van der Waals surface area contributed by atoms with Crippen LogP contribution in [0.25, 0.3) is 11.2 Å². The number of aromatic nitrogens is 3. The van der Waals surface area contributed by atoms with Gasteiger partial charge in [0.05, 0.1) is 5.02 Å². The summed E-state index contributed by atoms with van der Waals surface area (Å²) in [7, 11) is 1.11. The Hall–Kier alpha value is -1.50. The molecule has 86 valence electrons. The average Bonchev–Trinajstić information content (AvgIpc) is 2.54. The summed E-state index contributed by atoms with van der Waals surface area (Å²) in [5.74, 6) is -1.17. The third kappa shape index (κ3) is 1.67. The third-order valence-corrected chi connectivity index (χ3v) is 2.08. The van der Waals surface area contributed by atoms with Gasteiger partial charge in [-0.15, -0.1) is 0 Å². The first-order valence-corrected chi connectivity index (χ1v) is 4.47. The first-order chi connectivity index (χ1) is 7.43. The summed E-state index contributed by atoms with van der Waals surface area (Å²) in [5.41, 5.74) is 0.000833. The van der Waals surface area contributed by atoms with Gasteiger partial charge in [0.25, 0.3) is 5.82 Å². The van der Waals surface area contributed by atoms with E-state index in [1.807, 2.05) is 0 Å². The molecule has 0 spiro atoms. The summed E-state index contributed by atoms with van der Waals surface area (Å²) in [6.45, 7) is 0. The zero-order valence-electron chi connectivity index (χ0n) is 7.92. The number of hydrogen-bond donors (Lipinski definition) is 0. The van der Waals surface area contributed by atoms with Gasteiger partial charge in [-0.1, -0.05) is 11.6 Å². The molecule has 2 heterocycles. The highest BCUT2D eigenvalue weighted by atomic mass is 35.5. The van der Waals surface area contributed by atoms with E-state index in [4.69, 9.17) is 11.6 Å². The van der Waals surface area contributed by atoms with Gasteiger partial charge in [-0.25, -0.2) is 9.97 Å².